The maximum absolute atomic E-state index is 11.5. The van der Waals surface area contributed by atoms with Crippen LogP contribution in [-0.4, -0.2) is 36.4 Å². The second kappa shape index (κ2) is 4.95. The van der Waals surface area contributed by atoms with Crippen LogP contribution >= 0.6 is 0 Å². The minimum atomic E-state index is -1.05. The number of hydrogen-bond donors (Lipinski definition) is 1. The van der Waals surface area contributed by atoms with Crippen LogP contribution in [0.3, 0.4) is 0 Å². The summed E-state index contributed by atoms with van der Waals surface area (Å²) in [5, 5.41) is 8.83. The zero-order valence-corrected chi connectivity index (χ0v) is 9.71. The number of hydrogen-bond acceptors (Lipinski definition) is 5. The molecule has 0 amide bonds. The van der Waals surface area contributed by atoms with Crippen LogP contribution in [0.4, 0.5) is 0 Å². The van der Waals surface area contributed by atoms with E-state index in [-0.39, 0.29) is 18.8 Å². The molecule has 1 N–H and O–H groups in total. The summed E-state index contributed by atoms with van der Waals surface area (Å²) in [6.07, 6.45) is -0.812. The molecule has 0 saturated heterocycles. The molecule has 2 rings (SSSR count). The van der Waals surface area contributed by atoms with E-state index in [4.69, 9.17) is 19.3 Å². The van der Waals surface area contributed by atoms with E-state index < -0.39 is 18.0 Å². The fraction of sp³-hybridized carbons (Fsp3) is 0.333. The number of fused-ring (bicyclic) bond motifs is 1. The van der Waals surface area contributed by atoms with E-state index in [9.17, 15) is 9.59 Å². The molecule has 1 heterocycles. The summed E-state index contributed by atoms with van der Waals surface area (Å²) in [6, 6.07) is 4.21. The highest BCUT2D eigenvalue weighted by molar-refractivity contribution is 5.88. The number of aromatic carboxylic acids is 1. The molecule has 6 heteroatoms. The fourth-order valence-corrected chi connectivity index (χ4v) is 1.56. The van der Waals surface area contributed by atoms with Gasteiger partial charge in [-0.25, -0.2) is 9.59 Å². The van der Waals surface area contributed by atoms with Crippen LogP contribution in [0.2, 0.25) is 0 Å². The molecule has 0 fully saturated rings. The third-order valence-corrected chi connectivity index (χ3v) is 2.40. The smallest absolute Gasteiger partial charge is 0.350 e. The molecule has 1 aliphatic rings. The molecule has 1 unspecified atom stereocenters. The molecule has 18 heavy (non-hydrogen) atoms. The highest BCUT2D eigenvalue weighted by Crippen LogP contribution is 2.32. The summed E-state index contributed by atoms with van der Waals surface area (Å²) in [7, 11) is 0. The van der Waals surface area contributed by atoms with Crippen molar-refractivity contribution < 1.29 is 28.9 Å². The molecule has 0 aromatic heterocycles. The number of rotatable bonds is 3. The Morgan fingerprint density at radius 2 is 2.22 bits per heavy atom. The van der Waals surface area contributed by atoms with E-state index in [2.05, 4.69) is 0 Å². The summed E-state index contributed by atoms with van der Waals surface area (Å²) in [5.74, 6) is -0.890. The predicted octanol–water partition coefficient (Wildman–Crippen LogP) is 1.09. The summed E-state index contributed by atoms with van der Waals surface area (Å²) in [4.78, 5) is 22.2. The Bertz CT molecular complexity index is 481. The lowest BCUT2D eigenvalue weighted by Gasteiger charge is -2.25. The van der Waals surface area contributed by atoms with Crippen molar-refractivity contribution in [3.63, 3.8) is 0 Å². The first-order valence-corrected chi connectivity index (χ1v) is 5.45. The molecule has 1 atom stereocenters. The second-order valence-corrected chi connectivity index (χ2v) is 3.64. The molecule has 0 aliphatic carbocycles. The first-order chi connectivity index (χ1) is 8.61. The maximum Gasteiger partial charge on any atom is 0.350 e. The van der Waals surface area contributed by atoms with Gasteiger partial charge in [-0.1, -0.05) is 0 Å². The predicted molar refractivity (Wildman–Crippen MR) is 59.9 cm³/mol. The Morgan fingerprint density at radius 3 is 2.89 bits per heavy atom. The lowest BCUT2D eigenvalue weighted by atomic mass is 10.2. The zero-order chi connectivity index (χ0) is 13.1. The summed E-state index contributed by atoms with van der Waals surface area (Å²) >= 11 is 0. The van der Waals surface area contributed by atoms with E-state index in [1.807, 2.05) is 0 Å². The van der Waals surface area contributed by atoms with Gasteiger partial charge in [0.05, 0.1) is 12.2 Å². The van der Waals surface area contributed by atoms with Gasteiger partial charge < -0.3 is 19.3 Å². The van der Waals surface area contributed by atoms with E-state index in [0.717, 1.165) is 0 Å². The largest absolute Gasteiger partial charge is 0.485 e. The van der Waals surface area contributed by atoms with Gasteiger partial charge >= 0.3 is 11.9 Å². The Labute approximate surface area is 103 Å². The van der Waals surface area contributed by atoms with Gasteiger partial charge in [0.15, 0.2) is 11.5 Å². The van der Waals surface area contributed by atoms with Crippen LogP contribution in [0, 0.1) is 0 Å². The maximum atomic E-state index is 11.5. The van der Waals surface area contributed by atoms with Crippen LogP contribution < -0.4 is 9.47 Å². The highest BCUT2D eigenvalue weighted by atomic mass is 16.6. The molecule has 1 aromatic carbocycles. The van der Waals surface area contributed by atoms with Crippen molar-refractivity contribution >= 4 is 11.9 Å². The molecule has 0 radical (unpaired) electrons. The molecule has 1 aromatic rings. The van der Waals surface area contributed by atoms with Gasteiger partial charge in [0, 0.05) is 0 Å². The van der Waals surface area contributed by atoms with Crippen molar-refractivity contribution in [2.75, 3.05) is 13.2 Å². The van der Waals surface area contributed by atoms with E-state index in [1.54, 1.807) is 6.92 Å². The number of benzene rings is 1. The van der Waals surface area contributed by atoms with Gasteiger partial charge in [-0.15, -0.1) is 0 Å². The van der Waals surface area contributed by atoms with Crippen LogP contribution in [0.25, 0.3) is 0 Å². The van der Waals surface area contributed by atoms with Crippen LogP contribution in [0.1, 0.15) is 17.3 Å². The number of carboxylic acids is 1. The average Bonchev–Trinajstić information content (AvgIpc) is 2.37. The fourth-order valence-electron chi connectivity index (χ4n) is 1.56. The minimum Gasteiger partial charge on any atom is -0.485 e. The van der Waals surface area contributed by atoms with Gasteiger partial charge in [-0.05, 0) is 25.1 Å². The first-order valence-electron chi connectivity index (χ1n) is 5.45. The molecule has 6 nitrogen and oxygen atoms in total. The third kappa shape index (κ3) is 2.37. The number of carbonyl (C=O) groups excluding carboxylic acids is 1. The molecule has 96 valence electrons. The quantitative estimate of drug-likeness (QED) is 0.811. The van der Waals surface area contributed by atoms with Crippen molar-refractivity contribution in [1.82, 2.24) is 0 Å². The van der Waals surface area contributed by atoms with Gasteiger partial charge in [0.25, 0.3) is 0 Å². The average molecular weight is 252 g/mol. The monoisotopic (exact) mass is 252 g/mol. The van der Waals surface area contributed by atoms with Crippen LogP contribution in [-0.2, 0) is 9.53 Å². The van der Waals surface area contributed by atoms with E-state index in [1.165, 1.54) is 18.2 Å². The van der Waals surface area contributed by atoms with Gasteiger partial charge in [0.1, 0.15) is 6.61 Å². The molecule has 0 spiro atoms. The van der Waals surface area contributed by atoms with E-state index >= 15 is 0 Å². The zero-order valence-electron chi connectivity index (χ0n) is 9.71. The standard InChI is InChI=1S/C12H12O6/c1-2-16-12(15)10-6-17-9-5-7(11(13)14)3-4-8(9)18-10/h3-5,10H,2,6H2,1H3,(H,13,14). The Balaban J connectivity index is 2.16. The normalized spacial score (nSPS) is 17.1. The summed E-state index contributed by atoms with van der Waals surface area (Å²) < 4.78 is 15.5. The van der Waals surface area contributed by atoms with Crippen molar-refractivity contribution in [2.45, 2.75) is 13.0 Å². The molecule has 0 bridgehead atoms. The van der Waals surface area contributed by atoms with Crippen molar-refractivity contribution in [2.24, 2.45) is 0 Å². The SMILES string of the molecule is CCOC(=O)C1COc2cc(C(=O)O)ccc2O1. The number of ether oxygens (including phenoxy) is 3. The minimum absolute atomic E-state index is 0.00884. The molecular formula is C12H12O6. The van der Waals surface area contributed by atoms with Gasteiger partial charge in [-0.3, -0.25) is 0 Å². The number of esters is 1. The highest BCUT2D eigenvalue weighted by Gasteiger charge is 2.29. The lowest BCUT2D eigenvalue weighted by molar-refractivity contribution is -0.153. The van der Waals surface area contributed by atoms with Crippen LogP contribution in [0.15, 0.2) is 18.2 Å². The summed E-state index contributed by atoms with van der Waals surface area (Å²) in [5.41, 5.74) is 0.104. The second-order valence-electron chi connectivity index (χ2n) is 3.64. The third-order valence-electron chi connectivity index (χ3n) is 2.40. The first kappa shape index (κ1) is 12.2. The van der Waals surface area contributed by atoms with Crippen molar-refractivity contribution in [3.05, 3.63) is 23.8 Å². The Morgan fingerprint density at radius 1 is 1.44 bits per heavy atom. The molecule has 1 aliphatic heterocycles. The van der Waals surface area contributed by atoms with Crippen molar-refractivity contribution in [3.8, 4) is 11.5 Å². The Kier molecular flexibility index (Phi) is 3.36. The summed E-state index contributed by atoms with van der Waals surface area (Å²) in [6.45, 7) is 1.98. The number of carbonyl (C=O) groups is 2. The molecular weight excluding hydrogens is 240 g/mol. The van der Waals surface area contributed by atoms with Gasteiger partial charge in [0.2, 0.25) is 6.10 Å². The lowest BCUT2D eigenvalue weighted by Crippen LogP contribution is -2.37. The topological polar surface area (TPSA) is 82.1 Å². The van der Waals surface area contributed by atoms with E-state index in [0.29, 0.717) is 11.5 Å². The number of carboxylic acid groups (broad SMARTS) is 1. The van der Waals surface area contributed by atoms with Crippen molar-refractivity contribution in [1.29, 1.82) is 0 Å². The van der Waals surface area contributed by atoms with Crippen LogP contribution in [0.5, 0.6) is 11.5 Å². The van der Waals surface area contributed by atoms with Gasteiger partial charge in [-0.2, -0.15) is 0 Å². The molecule has 0 saturated carbocycles. The Hall–Kier alpha value is -2.24.